The van der Waals surface area contributed by atoms with Crippen LogP contribution in [0.15, 0.2) is 22.7 Å². The molecule has 1 aliphatic rings. The summed E-state index contributed by atoms with van der Waals surface area (Å²) in [6.07, 6.45) is 0.744. The van der Waals surface area contributed by atoms with Gasteiger partial charge in [0.05, 0.1) is 23.8 Å². The van der Waals surface area contributed by atoms with E-state index in [1.165, 1.54) is 0 Å². The van der Waals surface area contributed by atoms with Crippen LogP contribution in [0.4, 0.5) is 0 Å². The van der Waals surface area contributed by atoms with E-state index < -0.39 is 6.10 Å². The highest BCUT2D eigenvalue weighted by atomic mass is 79.9. The Kier molecular flexibility index (Phi) is 3.82. The van der Waals surface area contributed by atoms with Crippen LogP contribution in [0.1, 0.15) is 40.5 Å². The Morgan fingerprint density at radius 1 is 1.28 bits per heavy atom. The van der Waals surface area contributed by atoms with E-state index in [0.717, 1.165) is 15.8 Å². The highest BCUT2D eigenvalue weighted by Crippen LogP contribution is 2.26. The predicted molar refractivity (Wildman–Crippen MR) is 70.4 cm³/mol. The molecule has 1 aromatic carbocycles. The zero-order chi connectivity index (χ0) is 13.3. The fraction of sp³-hybridized carbons (Fsp3) is 0.385. The van der Waals surface area contributed by atoms with Crippen LogP contribution in [0, 0.1) is 0 Å². The molecule has 2 amide bonds. The van der Waals surface area contributed by atoms with Crippen molar-refractivity contribution in [2.24, 2.45) is 0 Å². The molecule has 1 aromatic rings. The molecule has 0 spiro atoms. The van der Waals surface area contributed by atoms with Gasteiger partial charge in [-0.2, -0.15) is 0 Å². The molecule has 96 valence electrons. The van der Waals surface area contributed by atoms with Gasteiger partial charge in [-0.15, -0.1) is 0 Å². The molecular formula is C13H14BrNO3. The van der Waals surface area contributed by atoms with Gasteiger partial charge in [0.15, 0.2) is 0 Å². The van der Waals surface area contributed by atoms with Gasteiger partial charge in [-0.1, -0.05) is 29.3 Å². The van der Waals surface area contributed by atoms with Crippen molar-refractivity contribution in [2.45, 2.75) is 25.9 Å². The second-order valence-corrected chi connectivity index (χ2v) is 5.27. The normalized spacial score (nSPS) is 16.1. The van der Waals surface area contributed by atoms with Crippen LogP contribution in [-0.2, 0) is 0 Å². The average Bonchev–Trinajstić information content (AvgIpc) is 2.55. The molecule has 0 bridgehead atoms. The Hall–Kier alpha value is -1.20. The Morgan fingerprint density at radius 2 is 1.94 bits per heavy atom. The molecule has 0 radical (unpaired) electrons. The number of β-amino-alcohol motifs (C(OH)–C–C–N with tert-alkyl or cyclic N) is 1. The third kappa shape index (κ3) is 2.33. The highest BCUT2D eigenvalue weighted by Gasteiger charge is 2.36. The summed E-state index contributed by atoms with van der Waals surface area (Å²) in [7, 11) is 0. The summed E-state index contributed by atoms with van der Waals surface area (Å²) in [5.41, 5.74) is 0.810. The first-order valence-electron chi connectivity index (χ1n) is 5.88. The van der Waals surface area contributed by atoms with E-state index in [4.69, 9.17) is 0 Å². The maximum absolute atomic E-state index is 12.1. The standard InChI is InChI=1S/C13H14BrNO3/c1-2-3-9(16)7-15-12(17)10-5-4-8(14)6-11(10)13(15)18/h4-6,9,16H,2-3,7H2,1H3. The number of fused-ring (bicyclic) bond motifs is 1. The van der Waals surface area contributed by atoms with E-state index in [9.17, 15) is 14.7 Å². The average molecular weight is 312 g/mol. The fourth-order valence-corrected chi connectivity index (χ4v) is 2.43. The van der Waals surface area contributed by atoms with Gasteiger partial charge in [-0.25, -0.2) is 0 Å². The summed E-state index contributed by atoms with van der Waals surface area (Å²) in [4.78, 5) is 25.2. The van der Waals surface area contributed by atoms with Gasteiger partial charge < -0.3 is 5.11 Å². The van der Waals surface area contributed by atoms with E-state index in [2.05, 4.69) is 15.9 Å². The lowest BCUT2D eigenvalue weighted by Crippen LogP contribution is -2.36. The number of amides is 2. The maximum Gasteiger partial charge on any atom is 0.261 e. The lowest BCUT2D eigenvalue weighted by molar-refractivity contribution is 0.0532. The first-order valence-corrected chi connectivity index (χ1v) is 6.67. The molecule has 0 aromatic heterocycles. The van der Waals surface area contributed by atoms with Gasteiger partial charge in [0.2, 0.25) is 0 Å². The number of halogens is 1. The van der Waals surface area contributed by atoms with Crippen LogP contribution in [0.2, 0.25) is 0 Å². The Labute approximate surface area is 114 Å². The zero-order valence-electron chi connectivity index (χ0n) is 10.0. The van der Waals surface area contributed by atoms with Gasteiger partial charge >= 0.3 is 0 Å². The summed E-state index contributed by atoms with van der Waals surface area (Å²) in [5, 5.41) is 9.72. The van der Waals surface area contributed by atoms with Crippen molar-refractivity contribution in [1.82, 2.24) is 4.90 Å². The molecule has 1 aliphatic heterocycles. The topological polar surface area (TPSA) is 57.6 Å². The van der Waals surface area contributed by atoms with E-state index >= 15 is 0 Å². The minimum absolute atomic E-state index is 0.0673. The minimum Gasteiger partial charge on any atom is -0.391 e. The van der Waals surface area contributed by atoms with Crippen molar-refractivity contribution in [1.29, 1.82) is 0 Å². The van der Waals surface area contributed by atoms with Gasteiger partial charge in [-0.3, -0.25) is 14.5 Å². The molecule has 4 nitrogen and oxygen atoms in total. The van der Waals surface area contributed by atoms with E-state index in [1.54, 1.807) is 18.2 Å². The number of nitrogens with zero attached hydrogens (tertiary/aromatic N) is 1. The smallest absolute Gasteiger partial charge is 0.261 e. The summed E-state index contributed by atoms with van der Waals surface area (Å²) >= 11 is 3.28. The molecule has 1 N–H and O–H groups in total. The van der Waals surface area contributed by atoms with Gasteiger partial charge in [0.1, 0.15) is 0 Å². The molecule has 0 saturated heterocycles. The number of imide groups is 1. The number of rotatable bonds is 4. The first kappa shape index (κ1) is 13.2. The quantitative estimate of drug-likeness (QED) is 0.867. The number of hydrogen-bond donors (Lipinski definition) is 1. The van der Waals surface area contributed by atoms with E-state index in [1.807, 2.05) is 6.92 Å². The van der Waals surface area contributed by atoms with Crippen molar-refractivity contribution < 1.29 is 14.7 Å². The largest absolute Gasteiger partial charge is 0.391 e. The van der Waals surface area contributed by atoms with Crippen LogP contribution in [0.25, 0.3) is 0 Å². The SMILES string of the molecule is CCCC(O)CN1C(=O)c2ccc(Br)cc2C1=O. The number of carbonyl (C=O) groups is 2. The molecule has 18 heavy (non-hydrogen) atoms. The van der Waals surface area contributed by atoms with Crippen LogP contribution in [0.5, 0.6) is 0 Å². The molecule has 0 saturated carbocycles. The molecule has 0 aliphatic carbocycles. The third-order valence-electron chi connectivity index (χ3n) is 2.95. The predicted octanol–water partition coefficient (Wildman–Crippen LogP) is 2.21. The third-order valence-corrected chi connectivity index (χ3v) is 3.44. The first-order chi connectivity index (χ1) is 8.54. The molecule has 2 rings (SSSR count). The van der Waals surface area contributed by atoms with Crippen molar-refractivity contribution in [2.75, 3.05) is 6.54 Å². The fourth-order valence-electron chi connectivity index (χ4n) is 2.06. The Morgan fingerprint density at radius 3 is 2.61 bits per heavy atom. The summed E-state index contributed by atoms with van der Waals surface area (Å²) in [6, 6.07) is 5.00. The van der Waals surface area contributed by atoms with Crippen molar-refractivity contribution in [3.8, 4) is 0 Å². The molecule has 1 unspecified atom stereocenters. The number of aliphatic hydroxyl groups is 1. The molecule has 1 atom stereocenters. The van der Waals surface area contributed by atoms with Crippen LogP contribution in [0.3, 0.4) is 0 Å². The second-order valence-electron chi connectivity index (χ2n) is 4.35. The summed E-state index contributed by atoms with van der Waals surface area (Å²) in [6.45, 7) is 2.01. The second kappa shape index (κ2) is 5.20. The highest BCUT2D eigenvalue weighted by molar-refractivity contribution is 9.10. The van der Waals surface area contributed by atoms with E-state index in [0.29, 0.717) is 17.5 Å². The molecule has 5 heteroatoms. The van der Waals surface area contributed by atoms with Gasteiger partial charge in [0.25, 0.3) is 11.8 Å². The number of benzene rings is 1. The summed E-state index contributed by atoms with van der Waals surface area (Å²) in [5.74, 6) is -0.649. The number of carbonyl (C=O) groups excluding carboxylic acids is 2. The molecule has 1 heterocycles. The van der Waals surface area contributed by atoms with Crippen LogP contribution >= 0.6 is 15.9 Å². The minimum atomic E-state index is -0.652. The summed E-state index contributed by atoms with van der Waals surface area (Å²) < 4.78 is 0.762. The van der Waals surface area contributed by atoms with Crippen LogP contribution in [-0.4, -0.2) is 34.5 Å². The van der Waals surface area contributed by atoms with Gasteiger partial charge in [-0.05, 0) is 24.6 Å². The van der Waals surface area contributed by atoms with Crippen molar-refractivity contribution >= 4 is 27.7 Å². The number of hydrogen-bond acceptors (Lipinski definition) is 3. The Bertz CT molecular complexity index is 501. The van der Waals surface area contributed by atoms with Crippen molar-refractivity contribution in [3.05, 3.63) is 33.8 Å². The van der Waals surface area contributed by atoms with Crippen LogP contribution < -0.4 is 0 Å². The van der Waals surface area contributed by atoms with Gasteiger partial charge in [0, 0.05) is 4.47 Å². The Balaban J connectivity index is 2.23. The van der Waals surface area contributed by atoms with Crippen molar-refractivity contribution in [3.63, 3.8) is 0 Å². The van der Waals surface area contributed by atoms with E-state index in [-0.39, 0.29) is 18.4 Å². The lowest BCUT2D eigenvalue weighted by Gasteiger charge is -2.17. The molecule has 0 fully saturated rings. The monoisotopic (exact) mass is 311 g/mol. The number of aliphatic hydroxyl groups excluding tert-OH is 1. The zero-order valence-corrected chi connectivity index (χ0v) is 11.6. The molecular weight excluding hydrogens is 298 g/mol. The maximum atomic E-state index is 12.1. The lowest BCUT2D eigenvalue weighted by atomic mass is 10.1.